The van der Waals surface area contributed by atoms with Gasteiger partial charge in [-0.3, -0.25) is 10.3 Å². The summed E-state index contributed by atoms with van der Waals surface area (Å²) in [5.74, 6) is 0.0373. The molecule has 7 N–H and O–H groups in total. The van der Waals surface area contributed by atoms with Crippen molar-refractivity contribution in [1.29, 1.82) is 5.41 Å². The molecular formula is C31H41N5O3. The number of esters is 1. The molecule has 0 radical (unpaired) electrons. The van der Waals surface area contributed by atoms with Crippen molar-refractivity contribution in [2.75, 3.05) is 33.3 Å². The molecule has 1 aliphatic rings. The van der Waals surface area contributed by atoms with E-state index < -0.39 is 0 Å². The fourth-order valence-electron chi connectivity index (χ4n) is 3.96. The summed E-state index contributed by atoms with van der Waals surface area (Å²) in [6.45, 7) is 10.9. The molecule has 8 nitrogen and oxygen atoms in total. The summed E-state index contributed by atoms with van der Waals surface area (Å²) < 4.78 is 4.54. The number of phenolic OH excluding ortho intramolecular Hbond substituents is 1. The average Bonchev–Trinajstić information content (AvgIpc) is 2.94. The highest BCUT2D eigenvalue weighted by Crippen LogP contribution is 2.15. The molecule has 3 aromatic carbocycles. The van der Waals surface area contributed by atoms with Gasteiger partial charge in [0.1, 0.15) is 11.6 Å². The molecule has 208 valence electrons. The van der Waals surface area contributed by atoms with Crippen molar-refractivity contribution in [3.05, 3.63) is 113 Å². The quantitative estimate of drug-likeness (QED) is 0.136. The minimum atomic E-state index is -0.321. The zero-order chi connectivity index (χ0) is 28.6. The summed E-state index contributed by atoms with van der Waals surface area (Å²) in [5.41, 5.74) is 15.2. The first kappa shape index (κ1) is 31.2. The Hall–Kier alpha value is -3.98. The summed E-state index contributed by atoms with van der Waals surface area (Å²) in [6, 6.07) is 22.4. The van der Waals surface area contributed by atoms with E-state index in [1.54, 1.807) is 24.3 Å². The maximum atomic E-state index is 11.0. The first-order chi connectivity index (χ1) is 18.7. The number of carbonyl (C=O) groups is 1. The Morgan fingerprint density at radius 1 is 1.10 bits per heavy atom. The summed E-state index contributed by atoms with van der Waals surface area (Å²) >= 11 is 0. The van der Waals surface area contributed by atoms with E-state index in [0.29, 0.717) is 18.2 Å². The maximum Gasteiger partial charge on any atom is 0.337 e. The molecule has 8 heteroatoms. The maximum absolute atomic E-state index is 11.0. The number of methoxy groups -OCH3 is 1. The van der Waals surface area contributed by atoms with Crippen LogP contribution in [0.15, 0.2) is 85.5 Å². The Morgan fingerprint density at radius 3 is 2.28 bits per heavy atom. The van der Waals surface area contributed by atoms with Gasteiger partial charge in [-0.1, -0.05) is 54.6 Å². The van der Waals surface area contributed by atoms with Gasteiger partial charge in [-0.2, -0.15) is 0 Å². The Bertz CT molecular complexity index is 1180. The third-order valence-corrected chi connectivity index (χ3v) is 6.03. The summed E-state index contributed by atoms with van der Waals surface area (Å²) in [7, 11) is 1.36. The minimum Gasteiger partial charge on any atom is -0.508 e. The molecule has 1 heterocycles. The van der Waals surface area contributed by atoms with Crippen molar-refractivity contribution in [2.24, 2.45) is 11.5 Å². The summed E-state index contributed by atoms with van der Waals surface area (Å²) in [6.07, 6.45) is 2.73. The van der Waals surface area contributed by atoms with Crippen molar-refractivity contribution < 1.29 is 14.6 Å². The molecule has 1 fully saturated rings. The number of phenols is 1. The van der Waals surface area contributed by atoms with Gasteiger partial charge in [0.25, 0.3) is 0 Å². The van der Waals surface area contributed by atoms with Crippen LogP contribution < -0.4 is 16.8 Å². The summed E-state index contributed by atoms with van der Waals surface area (Å²) in [4.78, 5) is 13.4. The number of nitrogen functional groups attached to an aromatic ring is 1. The molecule has 0 aromatic heterocycles. The van der Waals surface area contributed by atoms with Crippen molar-refractivity contribution >= 4 is 11.8 Å². The van der Waals surface area contributed by atoms with Crippen LogP contribution in [-0.2, 0) is 17.7 Å². The molecule has 1 aliphatic heterocycles. The first-order valence-corrected chi connectivity index (χ1v) is 12.9. The number of nitrogens with zero attached hydrogens (tertiary/aromatic N) is 1. The average molecular weight is 532 g/mol. The minimum absolute atomic E-state index is 0.0777. The molecular weight excluding hydrogens is 490 g/mol. The molecule has 0 bridgehead atoms. The van der Waals surface area contributed by atoms with Crippen LogP contribution in [0.25, 0.3) is 0 Å². The number of rotatable bonds is 7. The number of hydrogen-bond donors (Lipinski definition) is 5. The predicted molar refractivity (Wildman–Crippen MR) is 158 cm³/mol. The molecule has 39 heavy (non-hydrogen) atoms. The van der Waals surface area contributed by atoms with Crippen LogP contribution in [-0.4, -0.2) is 61.1 Å². The smallest absolute Gasteiger partial charge is 0.337 e. The second kappa shape index (κ2) is 16.8. The van der Waals surface area contributed by atoms with Gasteiger partial charge in [0, 0.05) is 44.3 Å². The van der Waals surface area contributed by atoms with Gasteiger partial charge >= 0.3 is 5.97 Å². The van der Waals surface area contributed by atoms with Crippen molar-refractivity contribution in [2.45, 2.75) is 25.9 Å². The molecule has 0 spiro atoms. The molecule has 1 saturated heterocycles. The fourth-order valence-corrected chi connectivity index (χ4v) is 3.96. The second-order valence-electron chi connectivity index (χ2n) is 9.25. The fraction of sp³-hybridized carbons (Fsp3) is 0.290. The third kappa shape index (κ3) is 11.5. The number of aromatic hydroxyl groups is 1. The number of carbonyl (C=O) groups excluding carboxylic acids is 1. The second-order valence-corrected chi connectivity index (χ2v) is 9.25. The van der Waals surface area contributed by atoms with Gasteiger partial charge in [-0.15, -0.1) is 6.58 Å². The van der Waals surface area contributed by atoms with Gasteiger partial charge in [0.2, 0.25) is 0 Å². The molecule has 0 amide bonds. The highest BCUT2D eigenvalue weighted by atomic mass is 16.5. The van der Waals surface area contributed by atoms with Crippen LogP contribution in [0.3, 0.4) is 0 Å². The van der Waals surface area contributed by atoms with Gasteiger partial charge in [0.05, 0.1) is 12.7 Å². The van der Waals surface area contributed by atoms with E-state index in [2.05, 4.69) is 28.5 Å². The Kier molecular flexibility index (Phi) is 13.4. The van der Waals surface area contributed by atoms with E-state index in [-0.39, 0.29) is 17.6 Å². The van der Waals surface area contributed by atoms with Crippen LogP contribution in [0.4, 0.5) is 0 Å². The SMILES string of the molecule is C=CCN1CCNC(C)C1.COC(=O)c1ccc(CN)cc1.N=C(N)c1ccc(Cc2cccc(O)c2)cc1. The number of piperazine rings is 1. The zero-order valence-electron chi connectivity index (χ0n) is 22.9. The number of nitrogens with two attached hydrogens (primary N) is 2. The van der Waals surface area contributed by atoms with E-state index in [1.807, 2.05) is 54.6 Å². The predicted octanol–water partition coefficient (Wildman–Crippen LogP) is 3.67. The van der Waals surface area contributed by atoms with E-state index in [1.165, 1.54) is 7.11 Å². The van der Waals surface area contributed by atoms with Crippen LogP contribution in [0.1, 0.15) is 39.5 Å². The number of hydrogen-bond acceptors (Lipinski definition) is 7. The monoisotopic (exact) mass is 531 g/mol. The van der Waals surface area contributed by atoms with Crippen LogP contribution >= 0.6 is 0 Å². The number of amidine groups is 1. The number of benzene rings is 3. The van der Waals surface area contributed by atoms with Gasteiger partial charge in [-0.05, 0) is 54.3 Å². The molecule has 4 rings (SSSR count). The van der Waals surface area contributed by atoms with Crippen LogP contribution in [0.2, 0.25) is 0 Å². The van der Waals surface area contributed by atoms with Gasteiger partial charge in [0.15, 0.2) is 0 Å². The highest BCUT2D eigenvalue weighted by Gasteiger charge is 2.13. The Labute approximate surface area is 231 Å². The lowest BCUT2D eigenvalue weighted by molar-refractivity contribution is 0.0600. The molecule has 3 aromatic rings. The third-order valence-electron chi connectivity index (χ3n) is 6.03. The van der Waals surface area contributed by atoms with Crippen LogP contribution in [0.5, 0.6) is 5.75 Å². The van der Waals surface area contributed by atoms with Crippen molar-refractivity contribution in [1.82, 2.24) is 10.2 Å². The van der Waals surface area contributed by atoms with Crippen molar-refractivity contribution in [3.8, 4) is 5.75 Å². The topological polar surface area (TPSA) is 138 Å². The van der Waals surface area contributed by atoms with E-state index in [4.69, 9.17) is 16.9 Å². The lowest BCUT2D eigenvalue weighted by Gasteiger charge is -2.30. The van der Waals surface area contributed by atoms with Gasteiger partial charge in [-0.25, -0.2) is 4.79 Å². The van der Waals surface area contributed by atoms with E-state index in [9.17, 15) is 9.90 Å². The number of nitrogens with one attached hydrogen (secondary N) is 2. The largest absolute Gasteiger partial charge is 0.508 e. The Morgan fingerprint density at radius 2 is 1.74 bits per heavy atom. The van der Waals surface area contributed by atoms with Gasteiger partial charge < -0.3 is 26.6 Å². The normalized spacial score (nSPS) is 14.6. The highest BCUT2D eigenvalue weighted by molar-refractivity contribution is 5.94. The first-order valence-electron chi connectivity index (χ1n) is 12.9. The molecule has 1 atom stereocenters. The standard InChI is InChI=1S/C14H14N2O.C9H11NO2.C8H16N2/c15-14(16)12-6-4-10(5-7-12)8-11-2-1-3-13(17)9-11;1-12-9(11)8-4-2-7(6-10)3-5-8;1-3-5-10-6-4-9-8(2)7-10/h1-7,9,17H,8H2,(H3,15,16);2-5H,6,10H2,1H3;3,8-9H,1,4-7H2,2H3. The van der Waals surface area contributed by atoms with E-state index in [0.717, 1.165) is 54.9 Å². The zero-order valence-corrected chi connectivity index (χ0v) is 22.9. The number of ether oxygens (including phenoxy) is 1. The molecule has 0 aliphatic carbocycles. The Balaban J connectivity index is 0.000000214. The molecule has 1 unspecified atom stereocenters. The van der Waals surface area contributed by atoms with Crippen molar-refractivity contribution in [3.63, 3.8) is 0 Å². The summed E-state index contributed by atoms with van der Waals surface area (Å²) in [5, 5.41) is 20.1. The molecule has 0 saturated carbocycles. The van der Waals surface area contributed by atoms with Crippen LogP contribution in [0, 0.1) is 5.41 Å². The van der Waals surface area contributed by atoms with E-state index >= 15 is 0 Å². The lowest BCUT2D eigenvalue weighted by atomic mass is 10.0. The lowest BCUT2D eigenvalue weighted by Crippen LogP contribution is -2.49.